The van der Waals surface area contributed by atoms with E-state index < -0.39 is 5.82 Å². The second-order valence-electron chi connectivity index (χ2n) is 6.59. The number of thiazole rings is 1. The highest BCUT2D eigenvalue weighted by Crippen LogP contribution is 2.30. The number of carbonyl (C=O) groups is 1. The van der Waals surface area contributed by atoms with Crippen molar-refractivity contribution in [2.45, 2.75) is 19.9 Å². The van der Waals surface area contributed by atoms with Crippen molar-refractivity contribution in [3.63, 3.8) is 0 Å². The molecule has 1 amide bonds. The number of benzene rings is 2. The Bertz CT molecular complexity index is 1110. The molecule has 4 aromatic rings. The van der Waals surface area contributed by atoms with Crippen LogP contribution in [0.15, 0.2) is 61.2 Å². The fraction of sp³-hybridized carbons (Fsp3) is 0.190. The molecule has 0 saturated carbocycles. The van der Waals surface area contributed by atoms with Crippen molar-refractivity contribution >= 4 is 32.6 Å². The minimum atomic E-state index is -0.427. The van der Waals surface area contributed by atoms with E-state index in [1.807, 2.05) is 29.8 Å². The Hall–Kier alpha value is -3.06. The SMILES string of the molecule is Cc1ccc2nc(N(CCCn3ccnc3)C(=O)c3cccc(F)c3)sc2c1. The van der Waals surface area contributed by atoms with Crippen molar-refractivity contribution < 1.29 is 9.18 Å². The van der Waals surface area contributed by atoms with Crippen molar-refractivity contribution in [1.82, 2.24) is 14.5 Å². The first-order valence-electron chi connectivity index (χ1n) is 9.00. The van der Waals surface area contributed by atoms with E-state index in [0.717, 1.165) is 28.7 Å². The number of carbonyl (C=O) groups excluding carboxylic acids is 1. The average molecular weight is 394 g/mol. The smallest absolute Gasteiger partial charge is 0.260 e. The van der Waals surface area contributed by atoms with E-state index in [1.54, 1.807) is 29.6 Å². The van der Waals surface area contributed by atoms with Gasteiger partial charge < -0.3 is 4.57 Å². The zero-order valence-corrected chi connectivity index (χ0v) is 16.2. The van der Waals surface area contributed by atoms with Crippen molar-refractivity contribution in [3.05, 3.63) is 78.1 Å². The Morgan fingerprint density at radius 1 is 1.25 bits per heavy atom. The molecule has 0 aliphatic rings. The van der Waals surface area contributed by atoms with Gasteiger partial charge in [0.25, 0.3) is 5.91 Å². The second-order valence-corrected chi connectivity index (χ2v) is 7.60. The van der Waals surface area contributed by atoms with Crippen LogP contribution in [0.1, 0.15) is 22.3 Å². The summed E-state index contributed by atoms with van der Waals surface area (Å²) in [5.41, 5.74) is 2.32. The van der Waals surface area contributed by atoms with Crippen LogP contribution in [-0.2, 0) is 6.54 Å². The monoisotopic (exact) mass is 394 g/mol. The van der Waals surface area contributed by atoms with Crippen LogP contribution in [0.3, 0.4) is 0 Å². The predicted molar refractivity (Wildman–Crippen MR) is 109 cm³/mol. The highest BCUT2D eigenvalue weighted by Gasteiger charge is 2.21. The molecule has 0 fully saturated rings. The van der Waals surface area contributed by atoms with E-state index in [2.05, 4.69) is 16.0 Å². The van der Waals surface area contributed by atoms with Gasteiger partial charge in [-0.25, -0.2) is 14.4 Å². The van der Waals surface area contributed by atoms with E-state index in [4.69, 9.17) is 0 Å². The van der Waals surface area contributed by atoms with Crippen LogP contribution >= 0.6 is 11.3 Å². The van der Waals surface area contributed by atoms with E-state index in [0.29, 0.717) is 17.2 Å². The third-order valence-electron chi connectivity index (χ3n) is 4.44. The average Bonchev–Trinajstić information content (AvgIpc) is 3.34. The summed E-state index contributed by atoms with van der Waals surface area (Å²) < 4.78 is 16.6. The van der Waals surface area contributed by atoms with E-state index in [-0.39, 0.29) is 5.91 Å². The lowest BCUT2D eigenvalue weighted by Gasteiger charge is -2.20. The molecule has 0 saturated heterocycles. The minimum absolute atomic E-state index is 0.249. The number of nitrogens with zero attached hydrogens (tertiary/aromatic N) is 4. The summed E-state index contributed by atoms with van der Waals surface area (Å²) in [6, 6.07) is 11.8. The zero-order valence-electron chi connectivity index (χ0n) is 15.4. The second kappa shape index (κ2) is 7.90. The van der Waals surface area contributed by atoms with Crippen LogP contribution < -0.4 is 4.90 Å². The summed E-state index contributed by atoms with van der Waals surface area (Å²) in [6.07, 6.45) is 6.09. The number of anilines is 1. The van der Waals surface area contributed by atoms with Gasteiger partial charge in [-0.2, -0.15) is 0 Å². The number of fused-ring (bicyclic) bond motifs is 1. The molecule has 0 aliphatic heterocycles. The molecular formula is C21H19FN4OS. The Labute approximate surface area is 166 Å². The summed E-state index contributed by atoms with van der Waals surface area (Å²) in [6.45, 7) is 3.24. The summed E-state index contributed by atoms with van der Waals surface area (Å²) in [7, 11) is 0. The first-order valence-corrected chi connectivity index (χ1v) is 9.82. The molecule has 2 aromatic carbocycles. The van der Waals surface area contributed by atoms with Gasteiger partial charge in [-0.15, -0.1) is 0 Å². The van der Waals surface area contributed by atoms with Crippen LogP contribution in [0.25, 0.3) is 10.2 Å². The Morgan fingerprint density at radius 3 is 2.93 bits per heavy atom. The molecule has 0 radical (unpaired) electrons. The molecule has 2 aromatic heterocycles. The molecule has 0 spiro atoms. The van der Waals surface area contributed by atoms with Gasteiger partial charge in [0.1, 0.15) is 5.82 Å². The molecule has 2 heterocycles. The van der Waals surface area contributed by atoms with Gasteiger partial charge in [0.2, 0.25) is 0 Å². The normalized spacial score (nSPS) is 11.1. The molecule has 28 heavy (non-hydrogen) atoms. The van der Waals surface area contributed by atoms with Gasteiger partial charge in [0.05, 0.1) is 16.5 Å². The molecule has 7 heteroatoms. The fourth-order valence-electron chi connectivity index (χ4n) is 3.03. The lowest BCUT2D eigenvalue weighted by atomic mass is 10.2. The molecule has 5 nitrogen and oxygen atoms in total. The number of hydrogen-bond acceptors (Lipinski definition) is 4. The lowest BCUT2D eigenvalue weighted by molar-refractivity contribution is 0.0986. The van der Waals surface area contributed by atoms with Gasteiger partial charge in [-0.1, -0.05) is 23.5 Å². The van der Waals surface area contributed by atoms with Gasteiger partial charge >= 0.3 is 0 Å². The third-order valence-corrected chi connectivity index (χ3v) is 5.48. The molecular weight excluding hydrogens is 375 g/mol. The summed E-state index contributed by atoms with van der Waals surface area (Å²) in [5, 5.41) is 0.625. The minimum Gasteiger partial charge on any atom is -0.337 e. The maximum absolute atomic E-state index is 13.6. The van der Waals surface area contributed by atoms with E-state index in [1.165, 1.54) is 23.5 Å². The summed E-state index contributed by atoms with van der Waals surface area (Å²) >= 11 is 1.48. The molecule has 0 atom stereocenters. The van der Waals surface area contributed by atoms with Gasteiger partial charge in [-0.3, -0.25) is 9.69 Å². The number of imidazole rings is 1. The first-order chi connectivity index (χ1) is 13.6. The van der Waals surface area contributed by atoms with Crippen LogP contribution in [0.2, 0.25) is 0 Å². The highest BCUT2D eigenvalue weighted by atomic mass is 32.1. The fourth-order valence-corrected chi connectivity index (χ4v) is 4.12. The molecule has 4 rings (SSSR count). The van der Waals surface area contributed by atoms with Crippen molar-refractivity contribution in [1.29, 1.82) is 0 Å². The zero-order chi connectivity index (χ0) is 19.5. The highest BCUT2D eigenvalue weighted by molar-refractivity contribution is 7.22. The molecule has 0 N–H and O–H groups in total. The first kappa shape index (κ1) is 18.3. The summed E-state index contributed by atoms with van der Waals surface area (Å²) in [4.78, 5) is 23.5. The topological polar surface area (TPSA) is 51.0 Å². The largest absolute Gasteiger partial charge is 0.337 e. The van der Waals surface area contributed by atoms with Crippen LogP contribution in [0.5, 0.6) is 0 Å². The molecule has 142 valence electrons. The van der Waals surface area contributed by atoms with E-state index in [9.17, 15) is 9.18 Å². The van der Waals surface area contributed by atoms with Crippen molar-refractivity contribution in [3.8, 4) is 0 Å². The quantitative estimate of drug-likeness (QED) is 0.477. The number of aryl methyl sites for hydroxylation is 2. The standard InChI is InChI=1S/C21H19FN4OS/c1-15-6-7-18-19(12-15)28-21(24-18)26(10-3-9-25-11-8-23-14-25)20(27)16-4-2-5-17(22)13-16/h2,4-8,11-14H,3,9-10H2,1H3. The number of rotatable bonds is 6. The predicted octanol–water partition coefficient (Wildman–Crippen LogP) is 4.68. The van der Waals surface area contributed by atoms with Gasteiger partial charge in [0.15, 0.2) is 5.13 Å². The Kier molecular flexibility index (Phi) is 5.16. The number of amides is 1. The lowest BCUT2D eigenvalue weighted by Crippen LogP contribution is -2.32. The molecule has 0 bridgehead atoms. The molecule has 0 unspecified atom stereocenters. The Morgan fingerprint density at radius 2 is 2.14 bits per heavy atom. The van der Waals surface area contributed by atoms with E-state index >= 15 is 0 Å². The number of aromatic nitrogens is 3. The van der Waals surface area contributed by atoms with Crippen molar-refractivity contribution in [2.75, 3.05) is 11.4 Å². The maximum Gasteiger partial charge on any atom is 0.260 e. The molecule has 0 aliphatic carbocycles. The number of halogens is 1. The summed E-state index contributed by atoms with van der Waals surface area (Å²) in [5.74, 6) is -0.676. The maximum atomic E-state index is 13.6. The Balaban J connectivity index is 1.63. The van der Waals surface area contributed by atoms with Crippen LogP contribution in [0.4, 0.5) is 9.52 Å². The third kappa shape index (κ3) is 3.94. The van der Waals surface area contributed by atoms with Crippen LogP contribution in [-0.4, -0.2) is 27.0 Å². The van der Waals surface area contributed by atoms with Gasteiger partial charge in [0, 0.05) is 31.0 Å². The van der Waals surface area contributed by atoms with Crippen LogP contribution in [0, 0.1) is 12.7 Å². The number of hydrogen-bond donors (Lipinski definition) is 0. The van der Waals surface area contributed by atoms with Gasteiger partial charge in [-0.05, 0) is 49.2 Å². The van der Waals surface area contributed by atoms with Crippen molar-refractivity contribution in [2.24, 2.45) is 0 Å².